The fourth-order valence-electron chi connectivity index (χ4n) is 3.43. The van der Waals surface area contributed by atoms with Gasteiger partial charge in [-0.3, -0.25) is 14.7 Å². The van der Waals surface area contributed by atoms with Crippen LogP contribution in [0, 0.1) is 0 Å². The number of methoxy groups -OCH3 is 1. The number of thioether (sulfide) groups is 2. The van der Waals surface area contributed by atoms with Crippen molar-refractivity contribution in [1.82, 2.24) is 9.88 Å². The number of carbonyl (C=O) groups excluding carboxylic acids is 2. The van der Waals surface area contributed by atoms with Crippen LogP contribution in [-0.4, -0.2) is 51.8 Å². The summed E-state index contributed by atoms with van der Waals surface area (Å²) in [6, 6.07) is 10.7. The number of nitrogens with zero attached hydrogens (tertiary/aromatic N) is 2. The van der Waals surface area contributed by atoms with E-state index in [4.69, 9.17) is 15.2 Å². The molecule has 2 N–H and O–H groups in total. The molecule has 2 aromatic rings. The van der Waals surface area contributed by atoms with Crippen molar-refractivity contribution in [3.05, 3.63) is 65.6 Å². The first kappa shape index (κ1) is 21.7. The first-order valence-electron chi connectivity index (χ1n) is 9.83. The summed E-state index contributed by atoms with van der Waals surface area (Å²) < 4.78 is 10.7. The van der Waals surface area contributed by atoms with Crippen molar-refractivity contribution in [2.45, 2.75) is 29.3 Å². The maximum atomic E-state index is 13.0. The highest BCUT2D eigenvalue weighted by Gasteiger charge is 2.51. The Hall–Kier alpha value is -2.49. The highest BCUT2D eigenvalue weighted by Crippen LogP contribution is 2.41. The highest BCUT2D eigenvalue weighted by molar-refractivity contribution is 8.00. The number of pyridine rings is 1. The fraction of sp³-hybridized carbons (Fsp3) is 0.318. The van der Waals surface area contributed by atoms with Crippen molar-refractivity contribution in [3.8, 4) is 5.75 Å². The summed E-state index contributed by atoms with van der Waals surface area (Å²) in [5, 5.41) is -0.201. The van der Waals surface area contributed by atoms with Crippen molar-refractivity contribution in [3.63, 3.8) is 0 Å². The van der Waals surface area contributed by atoms with Gasteiger partial charge in [0.25, 0.3) is 0 Å². The minimum absolute atomic E-state index is 0.122. The normalized spacial score (nSPS) is 20.2. The molecule has 1 amide bonds. The van der Waals surface area contributed by atoms with Crippen molar-refractivity contribution in [2.24, 2.45) is 5.73 Å². The summed E-state index contributed by atoms with van der Waals surface area (Å²) in [5.74, 6) is 1.47. The van der Waals surface area contributed by atoms with Gasteiger partial charge in [-0.25, -0.2) is 4.79 Å². The predicted octanol–water partition coefficient (Wildman–Crippen LogP) is 2.81. The van der Waals surface area contributed by atoms with E-state index in [1.165, 1.54) is 4.90 Å². The Morgan fingerprint density at radius 2 is 2.00 bits per heavy atom. The van der Waals surface area contributed by atoms with Crippen LogP contribution in [0.2, 0.25) is 0 Å². The van der Waals surface area contributed by atoms with Gasteiger partial charge in [0.15, 0.2) is 0 Å². The largest absolute Gasteiger partial charge is 0.497 e. The number of ether oxygens (including phenoxy) is 2. The summed E-state index contributed by atoms with van der Waals surface area (Å²) in [7, 11) is 1.60. The molecule has 31 heavy (non-hydrogen) atoms. The third kappa shape index (κ3) is 4.73. The highest BCUT2D eigenvalue weighted by atomic mass is 32.2. The molecule has 0 unspecified atom stereocenters. The average molecular weight is 458 g/mol. The van der Waals surface area contributed by atoms with E-state index in [0.717, 1.165) is 27.5 Å². The van der Waals surface area contributed by atoms with Crippen molar-refractivity contribution in [1.29, 1.82) is 0 Å². The molecule has 3 heterocycles. The van der Waals surface area contributed by atoms with E-state index < -0.39 is 12.0 Å². The maximum absolute atomic E-state index is 13.0. The van der Waals surface area contributed by atoms with Crippen LogP contribution in [0.1, 0.15) is 12.0 Å². The van der Waals surface area contributed by atoms with E-state index in [2.05, 4.69) is 4.98 Å². The monoisotopic (exact) mass is 457 g/mol. The van der Waals surface area contributed by atoms with Gasteiger partial charge in [-0.15, -0.1) is 23.5 Å². The first-order chi connectivity index (χ1) is 15.1. The standard InChI is InChI=1S/C22H23N3O4S2/c1-28-16-4-2-14(3-5-16)12-29-22(27)19-15(8-11-30-17-6-9-24-10-7-17)13-31-21-18(23)20(26)25(19)21/h2-7,9-10,18,21H,8,11-13,23H2,1H3/t18-,21-/m1/s1. The van der Waals surface area contributed by atoms with E-state index in [1.807, 2.05) is 36.4 Å². The fourth-order valence-corrected chi connectivity index (χ4v) is 5.66. The topological polar surface area (TPSA) is 94.7 Å². The molecule has 2 atom stereocenters. The van der Waals surface area contributed by atoms with Crippen LogP contribution in [0.5, 0.6) is 5.75 Å². The molecule has 162 valence electrons. The molecule has 7 nitrogen and oxygen atoms in total. The van der Waals surface area contributed by atoms with E-state index in [-0.39, 0.29) is 17.9 Å². The van der Waals surface area contributed by atoms with E-state index in [0.29, 0.717) is 17.9 Å². The van der Waals surface area contributed by atoms with Crippen LogP contribution in [0.25, 0.3) is 0 Å². The summed E-state index contributed by atoms with van der Waals surface area (Å²) in [4.78, 5) is 32.1. The summed E-state index contributed by atoms with van der Waals surface area (Å²) in [6.45, 7) is 0.122. The predicted molar refractivity (Wildman–Crippen MR) is 120 cm³/mol. The van der Waals surface area contributed by atoms with Gasteiger partial charge in [-0.1, -0.05) is 12.1 Å². The Balaban J connectivity index is 1.46. The zero-order chi connectivity index (χ0) is 21.8. The minimum Gasteiger partial charge on any atom is -0.497 e. The second-order valence-electron chi connectivity index (χ2n) is 7.09. The Morgan fingerprint density at radius 1 is 1.26 bits per heavy atom. The molecular weight excluding hydrogens is 434 g/mol. The summed E-state index contributed by atoms with van der Waals surface area (Å²) in [5.41, 5.74) is 8.07. The van der Waals surface area contributed by atoms with Gasteiger partial charge < -0.3 is 15.2 Å². The lowest BCUT2D eigenvalue weighted by Gasteiger charge is -2.48. The SMILES string of the molecule is COc1ccc(COC(=O)C2=C(CCSc3ccncc3)CS[C@@H]3[C@H](N)C(=O)N23)cc1. The number of amides is 1. The molecule has 0 radical (unpaired) electrons. The van der Waals surface area contributed by atoms with E-state index in [1.54, 1.807) is 43.0 Å². The second-order valence-corrected chi connectivity index (χ2v) is 9.37. The molecule has 0 saturated carbocycles. The van der Waals surface area contributed by atoms with Gasteiger partial charge in [0.05, 0.1) is 7.11 Å². The lowest BCUT2D eigenvalue weighted by molar-refractivity contribution is -0.151. The molecule has 4 rings (SSSR count). The Bertz CT molecular complexity index is 982. The molecular formula is C22H23N3O4S2. The van der Waals surface area contributed by atoms with Gasteiger partial charge in [0.1, 0.15) is 29.5 Å². The number of rotatable bonds is 8. The zero-order valence-electron chi connectivity index (χ0n) is 17.0. The van der Waals surface area contributed by atoms with Crippen molar-refractivity contribution >= 4 is 35.4 Å². The molecule has 2 aliphatic heterocycles. The number of carbonyl (C=O) groups is 2. The minimum atomic E-state index is -0.567. The molecule has 1 aromatic carbocycles. The number of β-lactam (4-membered cyclic amide) rings is 1. The molecule has 9 heteroatoms. The summed E-state index contributed by atoms with van der Waals surface area (Å²) in [6.07, 6.45) is 4.19. The number of hydrogen-bond donors (Lipinski definition) is 1. The smallest absolute Gasteiger partial charge is 0.355 e. The lowest BCUT2D eigenvalue weighted by atomic mass is 10.0. The van der Waals surface area contributed by atoms with Crippen LogP contribution in [0.15, 0.2) is 65.0 Å². The van der Waals surface area contributed by atoms with Crippen molar-refractivity contribution in [2.75, 3.05) is 18.6 Å². The lowest BCUT2D eigenvalue weighted by Crippen LogP contribution is -2.68. The molecule has 1 aromatic heterocycles. The van der Waals surface area contributed by atoms with Crippen LogP contribution in [0.4, 0.5) is 0 Å². The molecule has 0 aliphatic carbocycles. The third-order valence-electron chi connectivity index (χ3n) is 5.13. The summed E-state index contributed by atoms with van der Waals surface area (Å²) >= 11 is 3.29. The first-order valence-corrected chi connectivity index (χ1v) is 11.9. The van der Waals surface area contributed by atoms with Gasteiger partial charge in [0.2, 0.25) is 5.91 Å². The van der Waals surface area contributed by atoms with Gasteiger partial charge in [-0.05, 0) is 41.8 Å². The molecule has 0 spiro atoms. The number of esters is 1. The van der Waals surface area contributed by atoms with Crippen LogP contribution in [0.3, 0.4) is 0 Å². The van der Waals surface area contributed by atoms with Gasteiger partial charge in [0, 0.05) is 28.8 Å². The number of aromatic nitrogens is 1. The van der Waals surface area contributed by atoms with Crippen molar-refractivity contribution < 1.29 is 19.1 Å². The molecule has 0 bridgehead atoms. The molecule has 1 saturated heterocycles. The average Bonchev–Trinajstić information content (AvgIpc) is 2.82. The second kappa shape index (κ2) is 9.76. The Morgan fingerprint density at radius 3 is 2.71 bits per heavy atom. The maximum Gasteiger partial charge on any atom is 0.355 e. The van der Waals surface area contributed by atoms with E-state index in [9.17, 15) is 9.59 Å². The Kier molecular flexibility index (Phi) is 6.84. The zero-order valence-corrected chi connectivity index (χ0v) is 18.7. The molecule has 1 fully saturated rings. The Labute approximate surface area is 189 Å². The third-order valence-corrected chi connectivity index (χ3v) is 7.51. The van der Waals surface area contributed by atoms with Crippen LogP contribution >= 0.6 is 23.5 Å². The van der Waals surface area contributed by atoms with Crippen LogP contribution < -0.4 is 10.5 Å². The van der Waals surface area contributed by atoms with E-state index >= 15 is 0 Å². The van der Waals surface area contributed by atoms with Gasteiger partial charge in [-0.2, -0.15) is 0 Å². The molecule has 2 aliphatic rings. The van der Waals surface area contributed by atoms with Gasteiger partial charge >= 0.3 is 5.97 Å². The number of benzene rings is 1. The number of fused-ring (bicyclic) bond motifs is 1. The quantitative estimate of drug-likeness (QED) is 0.367. The number of hydrogen-bond acceptors (Lipinski definition) is 8. The number of nitrogens with two attached hydrogens (primary N) is 1. The van der Waals surface area contributed by atoms with Crippen LogP contribution in [-0.2, 0) is 20.9 Å².